The Kier molecular flexibility index (Phi) is 3.87. The van der Waals surface area contributed by atoms with Gasteiger partial charge in [0.1, 0.15) is 0 Å². The smallest absolute Gasteiger partial charge is 0.241 e. The number of aryl methyl sites for hydroxylation is 1. The van der Waals surface area contributed by atoms with Crippen molar-refractivity contribution < 1.29 is 9.53 Å². The lowest BCUT2D eigenvalue weighted by Gasteiger charge is -2.35. The molecule has 0 aliphatic carbocycles. The van der Waals surface area contributed by atoms with E-state index in [0.29, 0.717) is 17.9 Å². The number of amides is 1. The van der Waals surface area contributed by atoms with E-state index in [4.69, 9.17) is 10.5 Å². The topological polar surface area (TPSA) is 67.6 Å². The number of nitrogen functional groups attached to an aromatic ring is 1. The minimum Gasteiger partial charge on any atom is -0.399 e. The molecule has 0 spiro atoms. The van der Waals surface area contributed by atoms with Crippen molar-refractivity contribution in [3.05, 3.63) is 23.8 Å². The van der Waals surface area contributed by atoms with Crippen molar-refractivity contribution in [2.75, 3.05) is 24.1 Å². The van der Waals surface area contributed by atoms with Crippen LogP contribution in [-0.2, 0) is 9.53 Å². The SMILES string of the molecule is Cc1cc(N)ccc1NC(=O)C(C)N1CC2CCC(C1)O2. The molecular weight excluding hydrogens is 266 g/mol. The molecule has 3 N–H and O–H groups in total. The Morgan fingerprint density at radius 2 is 2.05 bits per heavy atom. The van der Waals surface area contributed by atoms with Gasteiger partial charge in [-0.25, -0.2) is 0 Å². The maximum absolute atomic E-state index is 12.5. The Balaban J connectivity index is 1.64. The summed E-state index contributed by atoms with van der Waals surface area (Å²) in [5, 5.41) is 3.01. The zero-order valence-corrected chi connectivity index (χ0v) is 12.6. The molecule has 0 radical (unpaired) electrons. The molecule has 2 saturated heterocycles. The number of morpholine rings is 1. The fraction of sp³-hybridized carbons (Fsp3) is 0.562. The molecule has 0 saturated carbocycles. The van der Waals surface area contributed by atoms with E-state index in [9.17, 15) is 4.79 Å². The number of fused-ring (bicyclic) bond motifs is 2. The van der Waals surface area contributed by atoms with Crippen LogP contribution in [0, 0.1) is 6.92 Å². The van der Waals surface area contributed by atoms with Crippen LogP contribution in [0.25, 0.3) is 0 Å². The summed E-state index contributed by atoms with van der Waals surface area (Å²) in [6, 6.07) is 5.39. The molecule has 3 unspecified atom stereocenters. The predicted molar refractivity (Wildman–Crippen MR) is 83.2 cm³/mol. The average molecular weight is 289 g/mol. The third-order valence-electron chi connectivity index (χ3n) is 4.51. The van der Waals surface area contributed by atoms with E-state index < -0.39 is 0 Å². The third-order valence-corrected chi connectivity index (χ3v) is 4.51. The van der Waals surface area contributed by atoms with Gasteiger partial charge in [-0.3, -0.25) is 9.69 Å². The van der Waals surface area contributed by atoms with Gasteiger partial charge in [0, 0.05) is 24.5 Å². The molecule has 1 aromatic carbocycles. The lowest BCUT2D eigenvalue weighted by atomic mass is 10.1. The van der Waals surface area contributed by atoms with Gasteiger partial charge in [-0.05, 0) is 50.5 Å². The number of nitrogens with zero attached hydrogens (tertiary/aromatic N) is 1. The van der Waals surface area contributed by atoms with Gasteiger partial charge >= 0.3 is 0 Å². The number of anilines is 2. The minimum absolute atomic E-state index is 0.0316. The Hall–Kier alpha value is -1.59. The standard InChI is InChI=1S/C16H23N3O2/c1-10-7-12(17)3-6-15(10)18-16(20)11(2)19-8-13-4-5-14(9-19)21-13/h3,6-7,11,13-14H,4-5,8-9,17H2,1-2H3,(H,18,20). The molecule has 3 atom stereocenters. The van der Waals surface area contributed by atoms with Gasteiger partial charge in [0.2, 0.25) is 5.91 Å². The molecule has 2 heterocycles. The van der Waals surface area contributed by atoms with Crippen LogP contribution in [0.3, 0.4) is 0 Å². The van der Waals surface area contributed by atoms with E-state index >= 15 is 0 Å². The monoisotopic (exact) mass is 289 g/mol. The van der Waals surface area contributed by atoms with E-state index in [1.807, 2.05) is 32.0 Å². The van der Waals surface area contributed by atoms with Crippen LogP contribution in [0.15, 0.2) is 18.2 Å². The van der Waals surface area contributed by atoms with Crippen molar-refractivity contribution in [2.24, 2.45) is 0 Å². The maximum Gasteiger partial charge on any atom is 0.241 e. The van der Waals surface area contributed by atoms with E-state index in [1.165, 1.54) is 0 Å². The summed E-state index contributed by atoms with van der Waals surface area (Å²) in [5.74, 6) is 0.0316. The number of hydrogen-bond acceptors (Lipinski definition) is 4. The molecule has 1 amide bonds. The summed E-state index contributed by atoms with van der Waals surface area (Å²) in [4.78, 5) is 14.7. The summed E-state index contributed by atoms with van der Waals surface area (Å²) in [5.41, 5.74) is 8.26. The quantitative estimate of drug-likeness (QED) is 0.832. The van der Waals surface area contributed by atoms with Crippen LogP contribution in [0.4, 0.5) is 11.4 Å². The summed E-state index contributed by atoms with van der Waals surface area (Å²) in [6.45, 7) is 5.62. The average Bonchev–Trinajstić information content (AvgIpc) is 2.79. The van der Waals surface area contributed by atoms with Gasteiger partial charge < -0.3 is 15.8 Å². The molecule has 2 fully saturated rings. The highest BCUT2D eigenvalue weighted by Gasteiger charge is 2.37. The van der Waals surface area contributed by atoms with Crippen LogP contribution < -0.4 is 11.1 Å². The van der Waals surface area contributed by atoms with Crippen molar-refractivity contribution in [1.82, 2.24) is 4.90 Å². The van der Waals surface area contributed by atoms with Crippen molar-refractivity contribution >= 4 is 17.3 Å². The lowest BCUT2D eigenvalue weighted by Crippen LogP contribution is -2.51. The summed E-state index contributed by atoms with van der Waals surface area (Å²) < 4.78 is 5.82. The largest absolute Gasteiger partial charge is 0.399 e. The van der Waals surface area contributed by atoms with Crippen LogP contribution in [0.2, 0.25) is 0 Å². The molecular formula is C16H23N3O2. The highest BCUT2D eigenvalue weighted by molar-refractivity contribution is 5.95. The Morgan fingerprint density at radius 3 is 2.67 bits per heavy atom. The van der Waals surface area contributed by atoms with Gasteiger partial charge in [0.05, 0.1) is 18.2 Å². The third kappa shape index (κ3) is 3.04. The van der Waals surface area contributed by atoms with Crippen molar-refractivity contribution in [3.8, 4) is 0 Å². The maximum atomic E-state index is 12.5. The number of benzene rings is 1. The molecule has 0 aromatic heterocycles. The first-order valence-electron chi connectivity index (χ1n) is 7.59. The molecule has 1 aromatic rings. The van der Waals surface area contributed by atoms with E-state index in [1.54, 1.807) is 0 Å². The van der Waals surface area contributed by atoms with E-state index in [2.05, 4.69) is 10.2 Å². The zero-order valence-electron chi connectivity index (χ0n) is 12.6. The molecule has 5 nitrogen and oxygen atoms in total. The lowest BCUT2D eigenvalue weighted by molar-refractivity contribution is -0.124. The number of hydrogen-bond donors (Lipinski definition) is 2. The number of carbonyl (C=O) groups excluding carboxylic acids is 1. The Morgan fingerprint density at radius 1 is 1.38 bits per heavy atom. The number of rotatable bonds is 3. The first-order valence-corrected chi connectivity index (χ1v) is 7.59. The second kappa shape index (κ2) is 5.66. The van der Waals surface area contributed by atoms with Crippen molar-refractivity contribution in [2.45, 2.75) is 44.9 Å². The molecule has 3 rings (SSSR count). The van der Waals surface area contributed by atoms with Crippen LogP contribution in [0.5, 0.6) is 0 Å². The van der Waals surface area contributed by atoms with E-state index in [-0.39, 0.29) is 11.9 Å². The van der Waals surface area contributed by atoms with E-state index in [0.717, 1.165) is 37.2 Å². The normalized spacial score (nSPS) is 26.6. The summed E-state index contributed by atoms with van der Waals surface area (Å²) in [7, 11) is 0. The molecule has 21 heavy (non-hydrogen) atoms. The van der Waals surface area contributed by atoms with Gasteiger partial charge in [-0.1, -0.05) is 0 Å². The highest BCUT2D eigenvalue weighted by atomic mass is 16.5. The molecule has 114 valence electrons. The van der Waals surface area contributed by atoms with Gasteiger partial charge in [0.25, 0.3) is 0 Å². The molecule has 5 heteroatoms. The minimum atomic E-state index is -0.144. The summed E-state index contributed by atoms with van der Waals surface area (Å²) >= 11 is 0. The van der Waals surface area contributed by atoms with Crippen LogP contribution >= 0.6 is 0 Å². The number of nitrogens with two attached hydrogens (primary N) is 1. The highest BCUT2D eigenvalue weighted by Crippen LogP contribution is 2.27. The molecule has 2 aliphatic rings. The molecule has 2 aliphatic heterocycles. The van der Waals surface area contributed by atoms with Crippen molar-refractivity contribution in [3.63, 3.8) is 0 Å². The second-order valence-corrected chi connectivity index (χ2v) is 6.15. The van der Waals surface area contributed by atoms with Crippen LogP contribution in [-0.4, -0.2) is 42.1 Å². The fourth-order valence-electron chi connectivity index (χ4n) is 3.19. The number of ether oxygens (including phenoxy) is 1. The molecule has 2 bridgehead atoms. The number of likely N-dealkylation sites (tertiary alicyclic amines) is 1. The van der Waals surface area contributed by atoms with Gasteiger partial charge in [-0.2, -0.15) is 0 Å². The first kappa shape index (κ1) is 14.4. The predicted octanol–water partition coefficient (Wildman–Crippen LogP) is 1.77. The number of nitrogens with one attached hydrogen (secondary N) is 1. The van der Waals surface area contributed by atoms with Crippen LogP contribution in [0.1, 0.15) is 25.3 Å². The Labute approximate surface area is 125 Å². The zero-order chi connectivity index (χ0) is 15.0. The summed E-state index contributed by atoms with van der Waals surface area (Å²) in [6.07, 6.45) is 2.84. The fourth-order valence-corrected chi connectivity index (χ4v) is 3.19. The Bertz CT molecular complexity index is 534. The second-order valence-electron chi connectivity index (χ2n) is 6.15. The first-order chi connectivity index (χ1) is 10.0. The van der Waals surface area contributed by atoms with Gasteiger partial charge in [-0.15, -0.1) is 0 Å². The van der Waals surface area contributed by atoms with Gasteiger partial charge in [0.15, 0.2) is 0 Å². The van der Waals surface area contributed by atoms with Crippen molar-refractivity contribution in [1.29, 1.82) is 0 Å². The number of carbonyl (C=O) groups is 1.